The minimum atomic E-state index is -4.42. The van der Waals surface area contributed by atoms with Crippen LogP contribution in [-0.4, -0.2) is 115 Å². The molecule has 36 heavy (non-hydrogen) atoms. The van der Waals surface area contributed by atoms with Crippen LogP contribution in [0.5, 0.6) is 0 Å². The number of hydrogen-bond acceptors (Lipinski definition) is 7. The lowest BCUT2D eigenvalue weighted by Crippen LogP contribution is -2.61. The number of halogens is 6. The monoisotopic (exact) mass is 529 g/mol. The summed E-state index contributed by atoms with van der Waals surface area (Å²) in [4.78, 5) is 28.2. The Balaban J connectivity index is 0.000000281. The fourth-order valence-electron chi connectivity index (χ4n) is 4.43. The zero-order chi connectivity index (χ0) is 27.5. The van der Waals surface area contributed by atoms with Crippen molar-refractivity contribution < 1.29 is 35.9 Å². The number of rotatable bonds is 4. The van der Waals surface area contributed by atoms with Gasteiger partial charge in [-0.15, -0.1) is 0 Å². The normalized spacial score (nSPS) is 25.5. The van der Waals surface area contributed by atoms with Crippen molar-refractivity contribution in [2.75, 3.05) is 52.4 Å². The predicted molar refractivity (Wildman–Crippen MR) is 117 cm³/mol. The largest absolute Gasteiger partial charge is 0.406 e. The quantitative estimate of drug-likeness (QED) is 0.460. The van der Waals surface area contributed by atoms with E-state index in [1.807, 2.05) is 15.1 Å². The Hall–Kier alpha value is -2.15. The third-order valence-corrected chi connectivity index (χ3v) is 6.52. The molecular weight excluding hydrogens is 496 g/mol. The summed E-state index contributed by atoms with van der Waals surface area (Å²) in [5, 5.41) is 16.8. The lowest BCUT2D eigenvalue weighted by molar-refractivity contribution is -0.169. The summed E-state index contributed by atoms with van der Waals surface area (Å²) in [6, 6.07) is 0.988. The van der Waals surface area contributed by atoms with Crippen molar-refractivity contribution in [3.05, 3.63) is 0 Å². The summed E-state index contributed by atoms with van der Waals surface area (Å²) in [5.74, 6) is -1.13. The Morgan fingerprint density at radius 1 is 1.14 bits per heavy atom. The molecule has 2 atom stereocenters. The van der Waals surface area contributed by atoms with Gasteiger partial charge in [0.2, 0.25) is 11.8 Å². The minimum Gasteiger partial charge on any atom is -0.346 e. The zero-order valence-electron chi connectivity index (χ0n) is 20.7. The van der Waals surface area contributed by atoms with Crippen molar-refractivity contribution in [2.45, 2.75) is 63.3 Å². The van der Waals surface area contributed by atoms with Gasteiger partial charge in [0.25, 0.3) is 0 Å². The molecule has 3 fully saturated rings. The van der Waals surface area contributed by atoms with Crippen LogP contribution in [0.1, 0.15) is 27.7 Å². The van der Waals surface area contributed by atoms with Crippen LogP contribution in [0.15, 0.2) is 0 Å². The Morgan fingerprint density at radius 3 is 2.28 bits per heavy atom. The number of piperazine rings is 2. The maximum absolute atomic E-state index is 12.8. The number of carbonyl (C=O) groups is 2. The van der Waals surface area contributed by atoms with Crippen molar-refractivity contribution in [3.63, 3.8) is 0 Å². The van der Waals surface area contributed by atoms with Gasteiger partial charge in [-0.25, -0.2) is 0 Å². The topological polar surface area (TPSA) is 104 Å². The van der Waals surface area contributed by atoms with E-state index in [0.29, 0.717) is 26.2 Å². The molecule has 0 unspecified atom stereocenters. The smallest absolute Gasteiger partial charge is 0.346 e. The van der Waals surface area contributed by atoms with Crippen molar-refractivity contribution >= 4 is 11.8 Å². The van der Waals surface area contributed by atoms with Gasteiger partial charge in [0.1, 0.15) is 24.7 Å². The highest BCUT2D eigenvalue weighted by Crippen LogP contribution is 2.37. The second-order valence-corrected chi connectivity index (χ2v) is 9.90. The summed E-state index contributed by atoms with van der Waals surface area (Å²) in [6.45, 7) is 7.23. The molecule has 3 aliphatic heterocycles. The molecule has 0 aliphatic carbocycles. The lowest BCUT2D eigenvalue weighted by atomic mass is 10.0. The summed E-state index contributed by atoms with van der Waals surface area (Å²) in [6.07, 6.45) is -8.77. The van der Waals surface area contributed by atoms with E-state index in [-0.39, 0.29) is 6.54 Å². The van der Waals surface area contributed by atoms with Crippen LogP contribution in [0.25, 0.3) is 0 Å². The number of fused-ring (bicyclic) bond motifs is 1. The molecule has 15 heteroatoms. The van der Waals surface area contributed by atoms with Crippen molar-refractivity contribution in [2.24, 2.45) is 0 Å². The minimum absolute atomic E-state index is 0.275. The summed E-state index contributed by atoms with van der Waals surface area (Å²) >= 11 is 0. The van der Waals surface area contributed by atoms with Gasteiger partial charge < -0.3 is 20.9 Å². The number of nitrogens with one attached hydrogen (secondary N) is 3. The molecule has 2 amide bonds. The molecule has 0 aromatic rings. The van der Waals surface area contributed by atoms with E-state index in [9.17, 15) is 41.2 Å². The van der Waals surface area contributed by atoms with E-state index >= 15 is 0 Å². The molecule has 9 nitrogen and oxygen atoms in total. The number of amides is 2. The molecule has 0 saturated carbocycles. The molecule has 0 aromatic heterocycles. The van der Waals surface area contributed by atoms with Crippen molar-refractivity contribution in [1.82, 2.24) is 30.7 Å². The molecule has 3 N–H and O–H groups in total. The molecule has 0 spiro atoms. The first-order chi connectivity index (χ1) is 16.4. The van der Waals surface area contributed by atoms with Crippen LogP contribution in [0.4, 0.5) is 26.3 Å². The van der Waals surface area contributed by atoms with Crippen LogP contribution in [0, 0.1) is 11.3 Å². The molecule has 206 valence electrons. The molecule has 3 saturated heterocycles. The molecule has 3 rings (SSSR count). The van der Waals surface area contributed by atoms with E-state index < -0.39 is 60.5 Å². The Bertz CT molecular complexity index is 834. The summed E-state index contributed by atoms with van der Waals surface area (Å²) in [5.41, 5.74) is -1.71. The third-order valence-electron chi connectivity index (χ3n) is 6.52. The van der Waals surface area contributed by atoms with Gasteiger partial charge in [-0.3, -0.25) is 19.4 Å². The maximum Gasteiger partial charge on any atom is 0.406 e. The second kappa shape index (κ2) is 11.1. The summed E-state index contributed by atoms with van der Waals surface area (Å²) in [7, 11) is 0. The first-order valence-corrected chi connectivity index (χ1v) is 11.5. The Morgan fingerprint density at radius 2 is 1.78 bits per heavy atom. The molecule has 0 aromatic carbocycles. The first-order valence-electron chi connectivity index (χ1n) is 11.5. The van der Waals surface area contributed by atoms with Crippen LogP contribution >= 0.6 is 0 Å². The van der Waals surface area contributed by atoms with Gasteiger partial charge >= 0.3 is 12.4 Å². The van der Waals surface area contributed by atoms with Crippen LogP contribution in [0.2, 0.25) is 0 Å². The fraction of sp³-hybridized carbons (Fsp3) is 0.857. The van der Waals surface area contributed by atoms with E-state index in [4.69, 9.17) is 0 Å². The third kappa shape index (κ3) is 7.67. The molecule has 0 bridgehead atoms. The second-order valence-electron chi connectivity index (χ2n) is 9.90. The highest BCUT2D eigenvalue weighted by atomic mass is 19.4. The van der Waals surface area contributed by atoms with Gasteiger partial charge in [-0.2, -0.15) is 31.6 Å². The first kappa shape index (κ1) is 30.1. The van der Waals surface area contributed by atoms with E-state index in [0.717, 1.165) is 11.4 Å². The number of alkyl halides is 6. The number of nitriles is 1. The van der Waals surface area contributed by atoms with Crippen molar-refractivity contribution in [1.29, 1.82) is 5.26 Å². The molecule has 3 heterocycles. The lowest BCUT2D eigenvalue weighted by Gasteiger charge is -2.45. The average molecular weight is 530 g/mol. The van der Waals surface area contributed by atoms with E-state index in [1.54, 1.807) is 27.7 Å². The van der Waals surface area contributed by atoms with Crippen LogP contribution in [-0.2, 0) is 9.59 Å². The predicted octanol–water partition coefficient (Wildman–Crippen LogP) is 0.642. The van der Waals surface area contributed by atoms with Gasteiger partial charge in [-0.05, 0) is 27.7 Å². The van der Waals surface area contributed by atoms with Gasteiger partial charge in [0.15, 0.2) is 0 Å². The number of nitrogens with zero attached hydrogens (tertiary/aromatic N) is 4. The SMILES string of the molecule is CC(C)(C#N)N1CCN2[C@@H](C1)C(=O)N(CC(F)(F)F)C2(C)C.O=C(NCC(F)(F)F)[C@@H]1CNCCN1. The molecular formula is C21H33F6N7O2. The Labute approximate surface area is 206 Å². The van der Waals surface area contributed by atoms with Crippen LogP contribution < -0.4 is 16.0 Å². The number of hydrogen-bond donors (Lipinski definition) is 3. The highest BCUT2D eigenvalue weighted by molar-refractivity contribution is 5.85. The zero-order valence-corrected chi connectivity index (χ0v) is 20.7. The van der Waals surface area contributed by atoms with E-state index in [2.05, 4.69) is 16.7 Å². The van der Waals surface area contributed by atoms with Gasteiger partial charge in [0, 0.05) is 39.3 Å². The van der Waals surface area contributed by atoms with Gasteiger partial charge in [0.05, 0.1) is 17.8 Å². The number of carbonyl (C=O) groups excluding carboxylic acids is 2. The van der Waals surface area contributed by atoms with E-state index in [1.165, 1.54) is 0 Å². The summed E-state index contributed by atoms with van der Waals surface area (Å²) < 4.78 is 73.5. The van der Waals surface area contributed by atoms with Crippen molar-refractivity contribution in [3.8, 4) is 6.07 Å². The van der Waals surface area contributed by atoms with Crippen LogP contribution in [0.3, 0.4) is 0 Å². The van der Waals surface area contributed by atoms with Gasteiger partial charge in [-0.1, -0.05) is 0 Å². The molecule has 3 aliphatic rings. The maximum atomic E-state index is 12.8. The average Bonchev–Trinajstić information content (AvgIpc) is 2.97. The highest BCUT2D eigenvalue weighted by Gasteiger charge is 2.56. The fourth-order valence-corrected chi connectivity index (χ4v) is 4.43. The molecule has 0 radical (unpaired) electrons. The Kier molecular flexibility index (Phi) is 9.25. The standard InChI is InChI=1S/C14H21F3N4O.C7H12F3N3O/c1-12(2,8-18)19-5-6-20-10(7-19)11(22)21(13(20,3)4)9-14(15,16)17;8-7(9,10)4-13-6(14)5-3-11-1-2-12-5/h10H,5-7,9H2,1-4H3;5,11-12H,1-4H2,(H,13,14)/t10-;5-/m00/s1.